The van der Waals surface area contributed by atoms with E-state index in [-0.39, 0.29) is 18.3 Å². The van der Waals surface area contributed by atoms with Crippen molar-refractivity contribution in [2.45, 2.75) is 13.8 Å². The monoisotopic (exact) mass is 274 g/mol. The van der Waals surface area contributed by atoms with Crippen LogP contribution in [0.5, 0.6) is 11.7 Å². The van der Waals surface area contributed by atoms with Gasteiger partial charge in [-0.05, 0) is 31.5 Å². The number of aryl methyl sites for hydroxylation is 1. The van der Waals surface area contributed by atoms with Crippen LogP contribution >= 0.6 is 0 Å². The van der Waals surface area contributed by atoms with Gasteiger partial charge in [0.1, 0.15) is 11.3 Å². The molecule has 0 radical (unpaired) electrons. The minimum absolute atomic E-state index is 0.142. The fourth-order valence-electron chi connectivity index (χ4n) is 1.75. The molecule has 104 valence electrons. The van der Waals surface area contributed by atoms with Crippen molar-refractivity contribution in [3.63, 3.8) is 0 Å². The van der Waals surface area contributed by atoms with Crippen LogP contribution in [-0.2, 0) is 4.74 Å². The first kappa shape index (κ1) is 13.9. The second kappa shape index (κ2) is 6.06. The lowest BCUT2D eigenvalue weighted by Crippen LogP contribution is -2.08. The van der Waals surface area contributed by atoms with E-state index in [9.17, 15) is 9.59 Å². The average Bonchev–Trinajstić information content (AvgIpc) is 2.87. The topological polar surface area (TPSA) is 65.7 Å². The SMILES string of the molecule is CCOC(=O)c1c(C)cccc1Oc1ccc(C=O)o1. The van der Waals surface area contributed by atoms with Gasteiger partial charge in [-0.25, -0.2) is 4.79 Å². The summed E-state index contributed by atoms with van der Waals surface area (Å²) in [6.07, 6.45) is 0.579. The summed E-state index contributed by atoms with van der Waals surface area (Å²) < 4.78 is 15.7. The van der Waals surface area contributed by atoms with Gasteiger partial charge in [-0.3, -0.25) is 4.79 Å². The van der Waals surface area contributed by atoms with Crippen molar-refractivity contribution in [1.29, 1.82) is 0 Å². The van der Waals surface area contributed by atoms with Gasteiger partial charge in [0.25, 0.3) is 5.95 Å². The van der Waals surface area contributed by atoms with Crippen molar-refractivity contribution in [2.24, 2.45) is 0 Å². The number of furan rings is 1. The molecule has 0 N–H and O–H groups in total. The molecule has 0 fully saturated rings. The third-order valence-electron chi connectivity index (χ3n) is 2.64. The van der Waals surface area contributed by atoms with E-state index in [4.69, 9.17) is 13.9 Å². The molecule has 0 aliphatic rings. The van der Waals surface area contributed by atoms with Gasteiger partial charge in [0, 0.05) is 6.07 Å². The fraction of sp³-hybridized carbons (Fsp3) is 0.200. The number of ether oxygens (including phenoxy) is 2. The molecule has 0 aliphatic heterocycles. The Morgan fingerprint density at radius 2 is 2.10 bits per heavy atom. The number of rotatable bonds is 5. The number of esters is 1. The van der Waals surface area contributed by atoms with Crippen LogP contribution in [0, 0.1) is 6.92 Å². The number of benzene rings is 1. The fourth-order valence-corrected chi connectivity index (χ4v) is 1.75. The van der Waals surface area contributed by atoms with Crippen molar-refractivity contribution in [3.05, 3.63) is 47.2 Å². The van der Waals surface area contributed by atoms with Gasteiger partial charge in [-0.1, -0.05) is 12.1 Å². The van der Waals surface area contributed by atoms with E-state index in [0.717, 1.165) is 5.56 Å². The molecule has 2 rings (SSSR count). The number of aldehydes is 1. The molecule has 2 aromatic rings. The Morgan fingerprint density at radius 1 is 1.30 bits per heavy atom. The molecule has 0 saturated heterocycles. The molecule has 0 spiro atoms. The van der Waals surface area contributed by atoms with Crippen LogP contribution in [0.3, 0.4) is 0 Å². The molecule has 0 bridgehead atoms. The summed E-state index contributed by atoms with van der Waals surface area (Å²) in [5, 5.41) is 0. The molecule has 1 heterocycles. The summed E-state index contributed by atoms with van der Waals surface area (Å²) in [7, 11) is 0. The standard InChI is InChI=1S/C15H14O5/c1-3-18-15(17)14-10(2)5-4-6-12(14)20-13-8-7-11(9-16)19-13/h4-9H,3H2,1-2H3. The van der Waals surface area contributed by atoms with E-state index in [2.05, 4.69) is 0 Å². The summed E-state index contributed by atoms with van der Waals surface area (Å²) >= 11 is 0. The predicted molar refractivity (Wildman–Crippen MR) is 71.3 cm³/mol. The highest BCUT2D eigenvalue weighted by molar-refractivity contribution is 5.94. The Morgan fingerprint density at radius 3 is 2.75 bits per heavy atom. The van der Waals surface area contributed by atoms with Crippen LogP contribution in [0.25, 0.3) is 0 Å². The Kier molecular flexibility index (Phi) is 4.20. The van der Waals surface area contributed by atoms with Gasteiger partial charge in [0.2, 0.25) is 0 Å². The molecule has 0 unspecified atom stereocenters. The summed E-state index contributed by atoms with van der Waals surface area (Å²) in [5.41, 5.74) is 1.08. The molecule has 1 aromatic carbocycles. The summed E-state index contributed by atoms with van der Waals surface area (Å²) in [6, 6.07) is 8.20. The minimum atomic E-state index is -0.456. The molecule has 5 heteroatoms. The number of hydrogen-bond acceptors (Lipinski definition) is 5. The highest BCUT2D eigenvalue weighted by atomic mass is 16.6. The van der Waals surface area contributed by atoms with E-state index in [1.807, 2.05) is 0 Å². The van der Waals surface area contributed by atoms with Gasteiger partial charge < -0.3 is 13.9 Å². The molecular formula is C15H14O5. The Balaban J connectivity index is 2.33. The third-order valence-corrected chi connectivity index (χ3v) is 2.64. The smallest absolute Gasteiger partial charge is 0.342 e. The maximum atomic E-state index is 11.9. The minimum Gasteiger partial charge on any atom is -0.462 e. The molecule has 1 aromatic heterocycles. The highest BCUT2D eigenvalue weighted by Crippen LogP contribution is 2.29. The van der Waals surface area contributed by atoms with Crippen LogP contribution in [-0.4, -0.2) is 18.9 Å². The first-order valence-electron chi connectivity index (χ1n) is 6.15. The van der Waals surface area contributed by atoms with Gasteiger partial charge >= 0.3 is 5.97 Å². The lowest BCUT2D eigenvalue weighted by Gasteiger charge is -2.10. The van der Waals surface area contributed by atoms with E-state index >= 15 is 0 Å². The van der Waals surface area contributed by atoms with Gasteiger partial charge in [-0.15, -0.1) is 0 Å². The first-order chi connectivity index (χ1) is 9.65. The van der Waals surface area contributed by atoms with Crippen LogP contribution < -0.4 is 4.74 Å². The molecular weight excluding hydrogens is 260 g/mol. The number of carbonyl (C=O) groups excluding carboxylic acids is 2. The van der Waals surface area contributed by atoms with Crippen LogP contribution in [0.4, 0.5) is 0 Å². The van der Waals surface area contributed by atoms with E-state index < -0.39 is 5.97 Å². The summed E-state index contributed by atoms with van der Waals surface area (Å²) in [4.78, 5) is 22.5. The molecule has 5 nitrogen and oxygen atoms in total. The van der Waals surface area contributed by atoms with Crippen molar-refractivity contribution < 1.29 is 23.5 Å². The molecule has 20 heavy (non-hydrogen) atoms. The van der Waals surface area contributed by atoms with Crippen LogP contribution in [0.2, 0.25) is 0 Å². The van der Waals surface area contributed by atoms with Gasteiger partial charge in [-0.2, -0.15) is 0 Å². The average molecular weight is 274 g/mol. The lowest BCUT2D eigenvalue weighted by molar-refractivity contribution is 0.0522. The maximum Gasteiger partial charge on any atom is 0.342 e. The van der Waals surface area contributed by atoms with Crippen molar-refractivity contribution in [2.75, 3.05) is 6.61 Å². The zero-order chi connectivity index (χ0) is 14.5. The van der Waals surface area contributed by atoms with Gasteiger partial charge in [0.05, 0.1) is 6.61 Å². The van der Waals surface area contributed by atoms with Crippen molar-refractivity contribution in [3.8, 4) is 11.7 Å². The quantitative estimate of drug-likeness (QED) is 0.617. The number of carbonyl (C=O) groups is 2. The predicted octanol–water partition coefficient (Wildman–Crippen LogP) is 3.37. The first-order valence-corrected chi connectivity index (χ1v) is 6.15. The number of hydrogen-bond donors (Lipinski definition) is 0. The Hall–Kier alpha value is -2.56. The Bertz CT molecular complexity index is 627. The molecule has 0 aliphatic carbocycles. The van der Waals surface area contributed by atoms with Gasteiger partial charge in [0.15, 0.2) is 12.0 Å². The van der Waals surface area contributed by atoms with E-state index in [1.54, 1.807) is 32.0 Å². The second-order valence-corrected chi connectivity index (χ2v) is 4.05. The molecule has 0 saturated carbocycles. The largest absolute Gasteiger partial charge is 0.462 e. The second-order valence-electron chi connectivity index (χ2n) is 4.05. The Labute approximate surface area is 116 Å². The highest BCUT2D eigenvalue weighted by Gasteiger charge is 2.18. The lowest BCUT2D eigenvalue weighted by atomic mass is 10.1. The van der Waals surface area contributed by atoms with Crippen molar-refractivity contribution >= 4 is 12.3 Å². The third kappa shape index (κ3) is 2.88. The molecule has 0 atom stereocenters. The van der Waals surface area contributed by atoms with Crippen LogP contribution in [0.15, 0.2) is 34.7 Å². The van der Waals surface area contributed by atoms with Crippen LogP contribution in [0.1, 0.15) is 33.4 Å². The summed E-state index contributed by atoms with van der Waals surface area (Å²) in [6.45, 7) is 3.81. The zero-order valence-electron chi connectivity index (χ0n) is 11.2. The van der Waals surface area contributed by atoms with E-state index in [1.165, 1.54) is 12.1 Å². The van der Waals surface area contributed by atoms with E-state index in [0.29, 0.717) is 17.6 Å². The maximum absolute atomic E-state index is 11.9. The summed E-state index contributed by atoms with van der Waals surface area (Å²) in [5.74, 6) is 0.173. The molecule has 0 amide bonds. The zero-order valence-corrected chi connectivity index (χ0v) is 11.2. The normalized spacial score (nSPS) is 10.1. The van der Waals surface area contributed by atoms with Crippen molar-refractivity contribution in [1.82, 2.24) is 0 Å².